The quantitative estimate of drug-likeness (QED) is 0.637. The van der Waals surface area contributed by atoms with Gasteiger partial charge in [0, 0.05) is 12.1 Å². The van der Waals surface area contributed by atoms with Crippen LogP contribution < -0.4 is 5.32 Å². The first-order valence-electron chi connectivity index (χ1n) is 6.86. The third-order valence-electron chi connectivity index (χ3n) is 3.61. The van der Waals surface area contributed by atoms with E-state index in [1.807, 2.05) is 6.07 Å². The van der Waals surface area contributed by atoms with Crippen LogP contribution in [-0.2, 0) is 0 Å². The summed E-state index contributed by atoms with van der Waals surface area (Å²) in [6.45, 7) is 6.28. The molecule has 21 heavy (non-hydrogen) atoms. The number of rotatable bonds is 4. The molecule has 0 saturated heterocycles. The van der Waals surface area contributed by atoms with Crippen molar-refractivity contribution in [1.29, 1.82) is 0 Å². The number of nitrogens with one attached hydrogen (secondary N) is 1. The molecule has 0 bridgehead atoms. The third kappa shape index (κ3) is 3.92. The van der Waals surface area contributed by atoms with Crippen LogP contribution in [0.25, 0.3) is 0 Å². The second kappa shape index (κ2) is 7.02. The average Bonchev–Trinajstić information content (AvgIpc) is 2.45. The summed E-state index contributed by atoms with van der Waals surface area (Å²) in [7, 11) is 0. The molecule has 0 spiro atoms. The molecule has 2 aromatic rings. The van der Waals surface area contributed by atoms with E-state index in [1.165, 1.54) is 11.1 Å². The zero-order chi connectivity index (χ0) is 15.6. The third-order valence-corrected chi connectivity index (χ3v) is 4.92. The summed E-state index contributed by atoms with van der Waals surface area (Å²) in [5.41, 5.74) is 3.44. The van der Waals surface area contributed by atoms with Crippen molar-refractivity contribution in [2.75, 3.05) is 0 Å². The largest absolute Gasteiger partial charge is 0.304 e. The van der Waals surface area contributed by atoms with Gasteiger partial charge < -0.3 is 5.32 Å². The maximum Gasteiger partial charge on any atom is 0.0781 e. The summed E-state index contributed by atoms with van der Waals surface area (Å²) in [6, 6.07) is 12.5. The Kier molecular flexibility index (Phi) is 5.56. The van der Waals surface area contributed by atoms with Crippen molar-refractivity contribution in [2.45, 2.75) is 32.9 Å². The summed E-state index contributed by atoms with van der Waals surface area (Å²) in [5, 5.41) is 4.93. The van der Waals surface area contributed by atoms with E-state index in [-0.39, 0.29) is 12.1 Å². The first kappa shape index (κ1) is 16.6. The first-order valence-corrected chi connectivity index (χ1v) is 7.99. The smallest absolute Gasteiger partial charge is 0.0781 e. The highest BCUT2D eigenvalue weighted by Gasteiger charge is 2.16. The Morgan fingerprint density at radius 1 is 0.810 bits per heavy atom. The molecule has 0 aliphatic carbocycles. The monoisotopic (exact) mass is 341 g/mol. The standard InChI is InChI=1S/C17H18Cl3N/c1-10-4-6-13(7-5-10)11(2)21-12(3)14-8-9-15(18)17(20)16(14)19/h4-9,11-12,21H,1-3H3/t11-,12?/m1/s1. The van der Waals surface area contributed by atoms with Crippen molar-refractivity contribution >= 4 is 34.8 Å². The molecule has 0 aromatic heterocycles. The molecule has 0 radical (unpaired) electrons. The van der Waals surface area contributed by atoms with Crippen LogP contribution in [0, 0.1) is 6.92 Å². The number of halogens is 3. The summed E-state index contributed by atoms with van der Waals surface area (Å²) in [5.74, 6) is 0. The molecule has 1 N–H and O–H groups in total. The molecule has 0 fully saturated rings. The molecule has 0 amide bonds. The Morgan fingerprint density at radius 2 is 1.43 bits per heavy atom. The molecule has 2 rings (SSSR count). The molecule has 0 aliphatic rings. The molecule has 2 atom stereocenters. The van der Waals surface area contributed by atoms with Gasteiger partial charge in [-0.05, 0) is 38.0 Å². The van der Waals surface area contributed by atoms with Crippen LogP contribution in [0.1, 0.15) is 42.6 Å². The van der Waals surface area contributed by atoms with Gasteiger partial charge in [0.05, 0.1) is 15.1 Å². The number of benzene rings is 2. The van der Waals surface area contributed by atoms with Crippen LogP contribution >= 0.6 is 34.8 Å². The van der Waals surface area contributed by atoms with Crippen molar-refractivity contribution in [3.8, 4) is 0 Å². The summed E-state index contributed by atoms with van der Waals surface area (Å²) < 4.78 is 0. The van der Waals surface area contributed by atoms with E-state index in [9.17, 15) is 0 Å². The van der Waals surface area contributed by atoms with Gasteiger partial charge in [0.2, 0.25) is 0 Å². The van der Waals surface area contributed by atoms with Gasteiger partial charge in [0.25, 0.3) is 0 Å². The lowest BCUT2D eigenvalue weighted by Gasteiger charge is -2.22. The van der Waals surface area contributed by atoms with Crippen LogP contribution in [0.15, 0.2) is 36.4 Å². The lowest BCUT2D eigenvalue weighted by Crippen LogP contribution is -2.22. The zero-order valence-electron chi connectivity index (χ0n) is 12.3. The van der Waals surface area contributed by atoms with Gasteiger partial charge in [-0.1, -0.05) is 70.7 Å². The van der Waals surface area contributed by atoms with Crippen molar-refractivity contribution in [1.82, 2.24) is 5.32 Å². The van der Waals surface area contributed by atoms with Gasteiger partial charge in [-0.3, -0.25) is 0 Å². The predicted molar refractivity (Wildman–Crippen MR) is 92.6 cm³/mol. The van der Waals surface area contributed by atoms with E-state index in [4.69, 9.17) is 34.8 Å². The molecule has 1 unspecified atom stereocenters. The SMILES string of the molecule is Cc1ccc([C@@H](C)NC(C)c2ccc(Cl)c(Cl)c2Cl)cc1. The van der Waals surface area contributed by atoms with E-state index < -0.39 is 0 Å². The van der Waals surface area contributed by atoms with E-state index in [0.29, 0.717) is 15.1 Å². The Morgan fingerprint density at radius 3 is 2.05 bits per heavy atom. The van der Waals surface area contributed by atoms with E-state index in [2.05, 4.69) is 50.4 Å². The van der Waals surface area contributed by atoms with Crippen molar-refractivity contribution in [3.63, 3.8) is 0 Å². The predicted octanol–water partition coefficient (Wildman–Crippen LogP) is 6.37. The van der Waals surface area contributed by atoms with Crippen LogP contribution in [0.2, 0.25) is 15.1 Å². The van der Waals surface area contributed by atoms with Gasteiger partial charge in [-0.15, -0.1) is 0 Å². The Balaban J connectivity index is 2.16. The fraction of sp³-hybridized carbons (Fsp3) is 0.294. The van der Waals surface area contributed by atoms with Crippen LogP contribution in [0.3, 0.4) is 0 Å². The van der Waals surface area contributed by atoms with Crippen molar-refractivity contribution in [3.05, 3.63) is 68.2 Å². The van der Waals surface area contributed by atoms with Gasteiger partial charge in [0.1, 0.15) is 0 Å². The Bertz CT molecular complexity index is 623. The molecule has 0 aliphatic heterocycles. The van der Waals surface area contributed by atoms with Gasteiger partial charge >= 0.3 is 0 Å². The van der Waals surface area contributed by atoms with Crippen LogP contribution in [-0.4, -0.2) is 0 Å². The number of hydrogen-bond acceptors (Lipinski definition) is 1. The highest BCUT2D eigenvalue weighted by Crippen LogP contribution is 2.36. The van der Waals surface area contributed by atoms with Gasteiger partial charge in [-0.25, -0.2) is 0 Å². The number of aryl methyl sites for hydroxylation is 1. The minimum absolute atomic E-state index is 0.0727. The maximum absolute atomic E-state index is 6.29. The molecule has 0 heterocycles. The summed E-state index contributed by atoms with van der Waals surface area (Å²) in [6.07, 6.45) is 0. The summed E-state index contributed by atoms with van der Waals surface area (Å²) in [4.78, 5) is 0. The average molecular weight is 343 g/mol. The van der Waals surface area contributed by atoms with Crippen LogP contribution in [0.5, 0.6) is 0 Å². The molecular formula is C17H18Cl3N. The second-order valence-corrected chi connectivity index (χ2v) is 6.45. The normalized spacial score (nSPS) is 14.0. The lowest BCUT2D eigenvalue weighted by molar-refractivity contribution is 0.495. The maximum atomic E-state index is 6.29. The fourth-order valence-electron chi connectivity index (χ4n) is 2.29. The topological polar surface area (TPSA) is 12.0 Å². The first-order chi connectivity index (χ1) is 9.90. The van der Waals surface area contributed by atoms with Gasteiger partial charge in [-0.2, -0.15) is 0 Å². The Hall–Kier alpha value is -0.730. The van der Waals surface area contributed by atoms with Crippen molar-refractivity contribution in [2.24, 2.45) is 0 Å². The highest BCUT2D eigenvalue weighted by molar-refractivity contribution is 6.48. The number of hydrogen-bond donors (Lipinski definition) is 1. The minimum atomic E-state index is 0.0727. The van der Waals surface area contributed by atoms with E-state index in [0.717, 1.165) is 5.56 Å². The minimum Gasteiger partial charge on any atom is -0.304 e. The molecule has 0 saturated carbocycles. The zero-order valence-corrected chi connectivity index (χ0v) is 14.5. The molecule has 2 aromatic carbocycles. The second-order valence-electron chi connectivity index (χ2n) is 5.29. The highest BCUT2D eigenvalue weighted by atomic mass is 35.5. The molecule has 1 nitrogen and oxygen atoms in total. The fourth-order valence-corrected chi connectivity index (χ4v) is 3.00. The molecule has 4 heteroatoms. The summed E-state index contributed by atoms with van der Waals surface area (Å²) >= 11 is 18.4. The lowest BCUT2D eigenvalue weighted by atomic mass is 10.0. The molecular weight excluding hydrogens is 325 g/mol. The van der Waals surface area contributed by atoms with E-state index >= 15 is 0 Å². The van der Waals surface area contributed by atoms with E-state index in [1.54, 1.807) is 6.07 Å². The molecule has 112 valence electrons. The van der Waals surface area contributed by atoms with Crippen LogP contribution in [0.4, 0.5) is 0 Å². The van der Waals surface area contributed by atoms with Gasteiger partial charge in [0.15, 0.2) is 0 Å². The van der Waals surface area contributed by atoms with Crippen molar-refractivity contribution < 1.29 is 0 Å². The Labute approximate surface area is 141 Å².